The largest absolute Gasteiger partial charge is 0.338 e. The molecule has 1 aromatic heterocycles. The molecule has 0 spiro atoms. The summed E-state index contributed by atoms with van der Waals surface area (Å²) in [7, 11) is 2.13. The van der Waals surface area contributed by atoms with E-state index in [4.69, 9.17) is 4.52 Å². The Morgan fingerprint density at radius 1 is 1.50 bits per heavy atom. The van der Waals surface area contributed by atoms with E-state index in [1.165, 1.54) is 18.6 Å². The Bertz CT molecular complexity index is 393. The fraction of sp³-hybridized carbons (Fsp3) is 0.833. The van der Waals surface area contributed by atoms with Crippen molar-refractivity contribution in [2.24, 2.45) is 5.92 Å². The molecule has 2 heterocycles. The van der Waals surface area contributed by atoms with Crippen LogP contribution in [-0.4, -0.2) is 46.7 Å². The second-order valence-electron chi connectivity index (χ2n) is 5.19. The molecule has 1 aromatic rings. The van der Waals surface area contributed by atoms with E-state index in [1.54, 1.807) is 0 Å². The van der Waals surface area contributed by atoms with Gasteiger partial charge in [0.2, 0.25) is 5.89 Å². The highest BCUT2D eigenvalue weighted by molar-refractivity contribution is 7.99. The fourth-order valence-corrected chi connectivity index (χ4v) is 3.35. The molecule has 0 aromatic carbocycles. The number of aromatic nitrogens is 2. The Kier molecular flexibility index (Phi) is 3.86. The molecule has 1 aliphatic heterocycles. The van der Waals surface area contributed by atoms with Crippen molar-refractivity contribution < 1.29 is 4.52 Å². The van der Waals surface area contributed by atoms with Gasteiger partial charge in [0.25, 0.3) is 0 Å². The van der Waals surface area contributed by atoms with Gasteiger partial charge in [-0.1, -0.05) is 5.16 Å². The van der Waals surface area contributed by atoms with E-state index in [-0.39, 0.29) is 0 Å². The Hall–Kier alpha value is -0.590. The molecular formula is C12H20N4OS. The van der Waals surface area contributed by atoms with Gasteiger partial charge in [0.1, 0.15) is 0 Å². The third-order valence-corrected chi connectivity index (χ3v) is 4.61. The molecular weight excluding hydrogens is 248 g/mol. The SMILES string of the molecule is CN1CCSCC1c1noc(CNCC2CC2)n1. The summed E-state index contributed by atoms with van der Waals surface area (Å²) in [6.45, 7) is 2.88. The number of thioether (sulfide) groups is 1. The van der Waals surface area contributed by atoms with Crippen LogP contribution in [0.2, 0.25) is 0 Å². The molecule has 6 heteroatoms. The molecule has 1 saturated heterocycles. The van der Waals surface area contributed by atoms with Crippen LogP contribution in [0.1, 0.15) is 30.6 Å². The number of nitrogens with one attached hydrogen (secondary N) is 1. The first-order chi connectivity index (χ1) is 8.83. The molecule has 100 valence electrons. The second-order valence-corrected chi connectivity index (χ2v) is 6.34. The molecule has 1 unspecified atom stereocenters. The van der Waals surface area contributed by atoms with Crippen LogP contribution in [0.4, 0.5) is 0 Å². The zero-order chi connectivity index (χ0) is 12.4. The first-order valence-corrected chi connectivity index (χ1v) is 7.79. The summed E-state index contributed by atoms with van der Waals surface area (Å²) < 4.78 is 5.31. The molecule has 1 atom stereocenters. The Morgan fingerprint density at radius 2 is 2.39 bits per heavy atom. The predicted octanol–water partition coefficient (Wildman–Crippen LogP) is 1.29. The third-order valence-electron chi connectivity index (χ3n) is 3.58. The van der Waals surface area contributed by atoms with Gasteiger partial charge in [-0.25, -0.2) is 0 Å². The molecule has 2 fully saturated rings. The van der Waals surface area contributed by atoms with Gasteiger partial charge in [-0.15, -0.1) is 0 Å². The van der Waals surface area contributed by atoms with E-state index in [0.29, 0.717) is 12.6 Å². The lowest BCUT2D eigenvalue weighted by Gasteiger charge is -2.29. The molecule has 18 heavy (non-hydrogen) atoms. The molecule has 0 bridgehead atoms. The van der Waals surface area contributed by atoms with Gasteiger partial charge >= 0.3 is 0 Å². The van der Waals surface area contributed by atoms with Gasteiger partial charge in [-0.2, -0.15) is 16.7 Å². The highest BCUT2D eigenvalue weighted by Crippen LogP contribution is 2.28. The van der Waals surface area contributed by atoms with Crippen LogP contribution in [0.3, 0.4) is 0 Å². The van der Waals surface area contributed by atoms with Crippen molar-refractivity contribution in [3.05, 3.63) is 11.7 Å². The zero-order valence-electron chi connectivity index (χ0n) is 10.8. The lowest BCUT2D eigenvalue weighted by molar-refractivity contribution is 0.256. The summed E-state index contributed by atoms with van der Waals surface area (Å²) in [5.74, 6) is 4.70. The van der Waals surface area contributed by atoms with Crippen molar-refractivity contribution in [1.82, 2.24) is 20.4 Å². The van der Waals surface area contributed by atoms with Gasteiger partial charge in [0.15, 0.2) is 5.82 Å². The number of hydrogen-bond acceptors (Lipinski definition) is 6. The summed E-state index contributed by atoms with van der Waals surface area (Å²) in [4.78, 5) is 6.81. The Morgan fingerprint density at radius 3 is 3.17 bits per heavy atom. The van der Waals surface area contributed by atoms with E-state index in [2.05, 4.69) is 27.4 Å². The van der Waals surface area contributed by atoms with Crippen LogP contribution in [-0.2, 0) is 6.54 Å². The van der Waals surface area contributed by atoms with E-state index in [0.717, 1.165) is 36.5 Å². The summed E-state index contributed by atoms with van der Waals surface area (Å²) in [5.41, 5.74) is 0. The van der Waals surface area contributed by atoms with Crippen molar-refractivity contribution in [3.63, 3.8) is 0 Å². The molecule has 0 amide bonds. The van der Waals surface area contributed by atoms with Gasteiger partial charge in [-0.3, -0.25) is 4.90 Å². The van der Waals surface area contributed by atoms with Crippen LogP contribution in [0, 0.1) is 5.92 Å². The monoisotopic (exact) mass is 268 g/mol. The highest BCUT2D eigenvalue weighted by atomic mass is 32.2. The molecule has 1 N–H and O–H groups in total. The van der Waals surface area contributed by atoms with E-state index < -0.39 is 0 Å². The van der Waals surface area contributed by atoms with Crippen molar-refractivity contribution in [2.75, 3.05) is 31.6 Å². The zero-order valence-corrected chi connectivity index (χ0v) is 11.6. The predicted molar refractivity (Wildman–Crippen MR) is 71.4 cm³/mol. The van der Waals surface area contributed by atoms with Crippen LogP contribution in [0.15, 0.2) is 4.52 Å². The van der Waals surface area contributed by atoms with Crippen LogP contribution >= 0.6 is 11.8 Å². The lowest BCUT2D eigenvalue weighted by Crippen LogP contribution is -2.33. The number of hydrogen-bond donors (Lipinski definition) is 1. The molecule has 0 radical (unpaired) electrons. The smallest absolute Gasteiger partial charge is 0.240 e. The topological polar surface area (TPSA) is 54.2 Å². The van der Waals surface area contributed by atoms with E-state index in [1.807, 2.05) is 11.8 Å². The number of nitrogens with zero attached hydrogens (tertiary/aromatic N) is 3. The quantitative estimate of drug-likeness (QED) is 0.868. The minimum Gasteiger partial charge on any atom is -0.338 e. The van der Waals surface area contributed by atoms with Gasteiger partial charge < -0.3 is 9.84 Å². The third kappa shape index (κ3) is 3.05. The second kappa shape index (κ2) is 5.59. The summed E-state index contributed by atoms with van der Waals surface area (Å²) in [6, 6.07) is 0.310. The average Bonchev–Trinajstić information content (AvgIpc) is 3.08. The Balaban J connectivity index is 1.54. The van der Waals surface area contributed by atoms with Crippen molar-refractivity contribution >= 4 is 11.8 Å². The maximum atomic E-state index is 5.31. The van der Waals surface area contributed by atoms with Gasteiger partial charge in [0.05, 0.1) is 12.6 Å². The first-order valence-electron chi connectivity index (χ1n) is 6.64. The van der Waals surface area contributed by atoms with Crippen LogP contribution in [0.25, 0.3) is 0 Å². The van der Waals surface area contributed by atoms with Gasteiger partial charge in [0, 0.05) is 18.1 Å². The molecule has 5 nitrogen and oxygen atoms in total. The molecule has 2 aliphatic rings. The molecule has 1 saturated carbocycles. The minimum absolute atomic E-state index is 0.310. The normalized spacial score (nSPS) is 25.5. The average molecular weight is 268 g/mol. The molecule has 1 aliphatic carbocycles. The van der Waals surface area contributed by atoms with Gasteiger partial charge in [-0.05, 0) is 32.4 Å². The summed E-state index contributed by atoms with van der Waals surface area (Å²) >= 11 is 1.96. The molecule has 3 rings (SSSR count). The van der Waals surface area contributed by atoms with Crippen LogP contribution in [0.5, 0.6) is 0 Å². The van der Waals surface area contributed by atoms with E-state index >= 15 is 0 Å². The maximum Gasteiger partial charge on any atom is 0.240 e. The highest BCUT2D eigenvalue weighted by Gasteiger charge is 2.26. The standard InChI is InChI=1S/C12H20N4OS/c1-16-4-5-18-8-10(16)12-14-11(17-15-12)7-13-6-9-2-3-9/h9-10,13H,2-8H2,1H3. The summed E-state index contributed by atoms with van der Waals surface area (Å²) in [5, 5.41) is 7.50. The summed E-state index contributed by atoms with van der Waals surface area (Å²) in [6.07, 6.45) is 2.73. The van der Waals surface area contributed by atoms with Crippen LogP contribution < -0.4 is 5.32 Å². The first kappa shape index (κ1) is 12.4. The van der Waals surface area contributed by atoms with E-state index in [9.17, 15) is 0 Å². The fourth-order valence-electron chi connectivity index (χ4n) is 2.14. The lowest BCUT2D eigenvalue weighted by atomic mass is 10.3. The number of rotatable bonds is 5. The van der Waals surface area contributed by atoms with Crippen molar-refractivity contribution in [1.29, 1.82) is 0 Å². The van der Waals surface area contributed by atoms with Crippen molar-refractivity contribution in [2.45, 2.75) is 25.4 Å². The Labute approximate surface area is 112 Å². The minimum atomic E-state index is 0.310. The maximum absolute atomic E-state index is 5.31. The van der Waals surface area contributed by atoms with Crippen molar-refractivity contribution in [3.8, 4) is 0 Å².